The largest absolute Gasteiger partial charge is 0.512 e. The molecule has 1 radical (unpaired) electrons. The summed E-state index contributed by atoms with van der Waals surface area (Å²) in [7, 11) is -2.60. The van der Waals surface area contributed by atoms with Gasteiger partial charge in [0.05, 0.1) is 21.9 Å². The van der Waals surface area contributed by atoms with Crippen molar-refractivity contribution in [2.75, 3.05) is 0 Å². The molecule has 0 aliphatic rings. The van der Waals surface area contributed by atoms with Gasteiger partial charge in [0.15, 0.2) is 5.78 Å². The minimum absolute atomic E-state index is 0. The van der Waals surface area contributed by atoms with E-state index >= 15 is 0 Å². The van der Waals surface area contributed by atoms with Gasteiger partial charge in [-0.2, -0.15) is 0 Å². The number of hydrogen-bond acceptors (Lipinski definition) is 4. The fourth-order valence-corrected chi connectivity index (χ4v) is 10.1. The van der Waals surface area contributed by atoms with Gasteiger partial charge in [0, 0.05) is 50.4 Å². The van der Waals surface area contributed by atoms with Crippen LogP contribution in [0, 0.1) is 37.8 Å². The zero-order chi connectivity index (χ0) is 45.1. The fourth-order valence-electron chi connectivity index (χ4n) is 7.74. The predicted octanol–water partition coefficient (Wildman–Crippen LogP) is 14.1. The van der Waals surface area contributed by atoms with Crippen LogP contribution in [0.1, 0.15) is 89.5 Å². The Morgan fingerprint density at radius 2 is 0.984 bits per heavy atom. The number of fused-ring (bicyclic) bond motifs is 2. The first kappa shape index (κ1) is 52.3. The quantitative estimate of drug-likeness (QED) is 0.0542. The number of aryl methyl sites for hydroxylation is 4. The first-order valence-electron chi connectivity index (χ1n) is 22.7. The van der Waals surface area contributed by atoms with Crippen LogP contribution in [-0.4, -0.2) is 37.0 Å². The summed E-state index contributed by atoms with van der Waals surface area (Å²) in [6, 6.07) is 33.8. The summed E-state index contributed by atoms with van der Waals surface area (Å²) in [5.74, 6) is 0.547. The molecule has 6 rings (SSSR count). The molecule has 2 aromatic heterocycles. The number of aliphatic hydroxyl groups excluding tert-OH is 1. The minimum atomic E-state index is -1.30. The number of hydrogen-bond donors (Lipinski definition) is 1. The van der Waals surface area contributed by atoms with Crippen molar-refractivity contribution in [2.24, 2.45) is 11.8 Å². The van der Waals surface area contributed by atoms with Crippen molar-refractivity contribution in [3.63, 3.8) is 0 Å². The molecule has 0 aliphatic carbocycles. The Balaban J connectivity index is 0.000000253. The van der Waals surface area contributed by atoms with Crippen LogP contribution in [0.4, 0.5) is 0 Å². The van der Waals surface area contributed by atoms with Crippen LogP contribution >= 0.6 is 0 Å². The fraction of sp³-hybridized carbons (Fsp3) is 0.400. The molecule has 6 aromatic rings. The van der Waals surface area contributed by atoms with E-state index in [9.17, 15) is 9.90 Å². The third-order valence-corrected chi connectivity index (χ3v) is 15.9. The second-order valence-electron chi connectivity index (χ2n) is 18.6. The van der Waals surface area contributed by atoms with Crippen LogP contribution in [0.3, 0.4) is 0 Å². The Morgan fingerprint density at radius 1 is 0.597 bits per heavy atom. The first-order valence-corrected chi connectivity index (χ1v) is 29.7. The molecule has 0 bridgehead atoms. The van der Waals surface area contributed by atoms with Gasteiger partial charge < -0.3 is 15.1 Å². The monoisotopic (exact) mass is 1040 g/mol. The van der Waals surface area contributed by atoms with Crippen LogP contribution in [0.2, 0.25) is 39.3 Å². The van der Waals surface area contributed by atoms with Crippen molar-refractivity contribution in [3.05, 3.63) is 131 Å². The summed E-state index contributed by atoms with van der Waals surface area (Å²) in [6.45, 7) is 31.0. The van der Waals surface area contributed by atoms with Gasteiger partial charge in [-0.25, -0.2) is 0 Å². The van der Waals surface area contributed by atoms with E-state index in [1.807, 2.05) is 40.1 Å². The number of aromatic nitrogens is 2. The second kappa shape index (κ2) is 23.6. The Bertz CT molecular complexity index is 2290. The molecule has 333 valence electrons. The molecule has 0 saturated carbocycles. The Hall–Kier alpha value is -4.01. The van der Waals surface area contributed by atoms with Crippen LogP contribution in [0.25, 0.3) is 44.1 Å². The molecule has 0 unspecified atom stereocenters. The third kappa shape index (κ3) is 14.0. The number of carbonyl (C=O) groups excluding carboxylic acids is 1. The van der Waals surface area contributed by atoms with E-state index in [4.69, 9.17) is 0 Å². The molecule has 0 atom stereocenters. The number of allylic oxidation sites excluding steroid dienone is 2. The molecular formula is C55H72IrN2O2Si2-2. The molecule has 4 nitrogen and oxygen atoms in total. The van der Waals surface area contributed by atoms with Gasteiger partial charge in [-0.1, -0.05) is 141 Å². The maximum atomic E-state index is 11.7. The number of benzene rings is 4. The number of aliphatic hydroxyl groups is 1. The molecule has 7 heteroatoms. The number of ketones is 1. The topological polar surface area (TPSA) is 63.1 Å². The molecule has 0 aliphatic heterocycles. The molecule has 2 heterocycles. The minimum Gasteiger partial charge on any atom is -0.512 e. The molecule has 62 heavy (non-hydrogen) atoms. The summed E-state index contributed by atoms with van der Waals surface area (Å²) in [6.07, 6.45) is 10.8. The molecule has 4 aromatic carbocycles. The zero-order valence-electron chi connectivity index (χ0n) is 40.1. The Kier molecular flexibility index (Phi) is 19.9. The van der Waals surface area contributed by atoms with Gasteiger partial charge >= 0.3 is 0 Å². The summed E-state index contributed by atoms with van der Waals surface area (Å²) >= 11 is 0. The van der Waals surface area contributed by atoms with E-state index in [2.05, 4.69) is 162 Å². The van der Waals surface area contributed by atoms with Crippen molar-refractivity contribution in [2.45, 2.75) is 133 Å². The van der Waals surface area contributed by atoms with Crippen molar-refractivity contribution in [3.8, 4) is 22.5 Å². The van der Waals surface area contributed by atoms with Crippen LogP contribution in [-0.2, 0) is 37.7 Å². The van der Waals surface area contributed by atoms with Crippen LogP contribution in [0.5, 0.6) is 0 Å². The van der Waals surface area contributed by atoms with Crippen molar-refractivity contribution >= 4 is 53.8 Å². The summed E-state index contributed by atoms with van der Waals surface area (Å²) < 4.78 is 0. The third-order valence-electron chi connectivity index (χ3n) is 11.8. The first-order chi connectivity index (χ1) is 28.9. The molecule has 1 N–H and O–H groups in total. The van der Waals surface area contributed by atoms with E-state index < -0.39 is 16.1 Å². The van der Waals surface area contributed by atoms with Gasteiger partial charge in [-0.05, 0) is 83.6 Å². The second-order valence-corrected chi connectivity index (χ2v) is 28.7. The number of nitrogens with zero attached hydrogens (tertiary/aromatic N) is 2. The van der Waals surface area contributed by atoms with Gasteiger partial charge in [0.1, 0.15) is 0 Å². The average molecular weight is 1040 g/mol. The summed E-state index contributed by atoms with van der Waals surface area (Å²) in [5.41, 5.74) is 9.34. The SMILES string of the molecule is CCC(CC)C(=O)/C=C(\O)C(CC)CC.CCc1cc(C)[c-]c(-c2nccc3cc([Si](C)(C)C)ccc23)c1.CCc1cc(C)[c-]c(-c2nccc3cc([Si](C)(C)C)ccc23)c1.[Ir]. The summed E-state index contributed by atoms with van der Waals surface area (Å²) in [5, 5.41) is 17.7. The number of pyridine rings is 2. The normalized spacial score (nSPS) is 11.8. The van der Waals surface area contributed by atoms with Crippen molar-refractivity contribution in [1.82, 2.24) is 9.97 Å². The van der Waals surface area contributed by atoms with E-state index in [1.165, 1.54) is 60.2 Å². The van der Waals surface area contributed by atoms with E-state index in [0.717, 1.165) is 61.0 Å². The van der Waals surface area contributed by atoms with Gasteiger partial charge in [-0.3, -0.25) is 4.79 Å². The van der Waals surface area contributed by atoms with Crippen LogP contribution < -0.4 is 10.4 Å². The van der Waals surface area contributed by atoms with Gasteiger partial charge in [0.25, 0.3) is 0 Å². The van der Waals surface area contributed by atoms with E-state index in [0.29, 0.717) is 0 Å². The van der Waals surface area contributed by atoms with E-state index in [1.54, 1.807) is 0 Å². The average Bonchev–Trinajstić information content (AvgIpc) is 3.23. The van der Waals surface area contributed by atoms with Crippen molar-refractivity contribution < 1.29 is 30.0 Å². The maximum absolute atomic E-state index is 11.7. The molecule has 0 saturated heterocycles. The summed E-state index contributed by atoms with van der Waals surface area (Å²) in [4.78, 5) is 21.0. The van der Waals surface area contributed by atoms with Gasteiger partial charge in [-0.15, -0.1) is 69.8 Å². The molecular weight excluding hydrogens is 969 g/mol. The molecule has 0 spiro atoms. The van der Waals surface area contributed by atoms with Gasteiger partial charge in [0.2, 0.25) is 0 Å². The zero-order valence-corrected chi connectivity index (χ0v) is 44.5. The maximum Gasteiger partial charge on any atom is 0.162 e. The van der Waals surface area contributed by atoms with Crippen molar-refractivity contribution in [1.29, 1.82) is 0 Å². The molecule has 0 fully saturated rings. The predicted molar refractivity (Wildman–Crippen MR) is 270 cm³/mol. The number of carbonyl (C=O) groups is 1. The Morgan fingerprint density at radius 3 is 1.32 bits per heavy atom. The standard InChI is InChI=1S/2C21H24NSi.C13H24O2.Ir/c2*1-6-16-11-15(2)12-18(13-16)21-20-8-7-19(23(3,4)5)14-17(20)9-10-22-21;1-5-10(6-2)12(14)9-13(15)11(7-3)8-4;/h2*7-11,13-14H,6H2,1-5H3;9-11,14H,5-8H2,1-4H3;/q2*-1;;/b;;12-9-;. The Labute approximate surface area is 390 Å². The molecule has 0 amide bonds. The number of rotatable bonds is 13. The smallest absolute Gasteiger partial charge is 0.162 e. The van der Waals surface area contributed by atoms with E-state index in [-0.39, 0.29) is 43.5 Å². The van der Waals surface area contributed by atoms with Crippen LogP contribution in [0.15, 0.2) is 97.0 Å².